The van der Waals surface area contributed by atoms with Gasteiger partial charge in [0.05, 0.1) is 11.5 Å². The Morgan fingerprint density at radius 3 is 2.48 bits per heavy atom. The van der Waals surface area contributed by atoms with Gasteiger partial charge < -0.3 is 20.4 Å². The van der Waals surface area contributed by atoms with Gasteiger partial charge in [-0.05, 0) is 47.1 Å². The largest absolute Gasteiger partial charge is 0.471 e. The van der Waals surface area contributed by atoms with Crippen molar-refractivity contribution in [3.8, 4) is 6.07 Å². The number of alkyl halides is 3. The van der Waals surface area contributed by atoms with Crippen LogP contribution in [0.3, 0.4) is 0 Å². The number of allylic oxidation sites excluding steroid dienone is 2. The number of rotatable bonds is 3. The maximum atomic E-state index is 14.5. The minimum atomic E-state index is -5.19. The summed E-state index contributed by atoms with van der Waals surface area (Å²) in [6.45, 7) is 4.76. The zero-order valence-electron chi connectivity index (χ0n) is 23.4. The van der Waals surface area contributed by atoms with Crippen LogP contribution >= 0.6 is 0 Å². The number of anilines is 1. The number of nitriles is 1. The highest BCUT2D eigenvalue weighted by molar-refractivity contribution is 6.07. The molecule has 2 saturated heterocycles. The Morgan fingerprint density at radius 1 is 1.12 bits per heavy atom. The molecule has 1 aromatic carbocycles. The number of hydrogen-bond acceptors (Lipinski definition) is 5. The quantitative estimate of drug-likeness (QED) is 0.530. The summed E-state index contributed by atoms with van der Waals surface area (Å²) in [6.07, 6.45) is -0.190. The Labute approximate surface area is 241 Å². The first-order chi connectivity index (χ1) is 19.7. The molecule has 1 spiro atoms. The van der Waals surface area contributed by atoms with Crippen molar-refractivity contribution in [2.75, 3.05) is 18.4 Å². The van der Waals surface area contributed by atoms with Crippen LogP contribution in [0.2, 0.25) is 0 Å². The van der Waals surface area contributed by atoms with E-state index in [-0.39, 0.29) is 49.1 Å². The lowest BCUT2D eigenvalue weighted by molar-refractivity contribution is -0.176. The number of nitrogens with one attached hydrogen (secondary N) is 2. The van der Waals surface area contributed by atoms with E-state index in [1.165, 1.54) is 9.80 Å². The molecular weight excluding hydrogens is 551 g/mol. The van der Waals surface area contributed by atoms with E-state index in [9.17, 15) is 37.6 Å². The molecule has 5 aliphatic rings. The molecule has 1 aromatic rings. The predicted molar refractivity (Wildman–Crippen MR) is 143 cm³/mol. The maximum absolute atomic E-state index is 14.5. The molecule has 222 valence electrons. The summed E-state index contributed by atoms with van der Waals surface area (Å²) in [5.41, 5.74) is -0.895. The summed E-state index contributed by atoms with van der Waals surface area (Å²) in [7, 11) is 0. The third kappa shape index (κ3) is 4.11. The molecule has 12 heteroatoms. The Kier molecular flexibility index (Phi) is 6.26. The average Bonchev–Trinajstić information content (AvgIpc) is 3.72. The number of fused-ring (bicyclic) bond motifs is 7. The monoisotopic (exact) mass is 583 g/mol. The molecule has 6 rings (SSSR count). The van der Waals surface area contributed by atoms with E-state index in [4.69, 9.17) is 0 Å². The second kappa shape index (κ2) is 9.31. The summed E-state index contributed by atoms with van der Waals surface area (Å²) >= 11 is 0. The molecule has 3 aliphatic heterocycles. The lowest BCUT2D eigenvalue weighted by Gasteiger charge is -2.38. The van der Waals surface area contributed by atoms with Crippen LogP contribution in [0.25, 0.3) is 0 Å². The van der Waals surface area contributed by atoms with E-state index in [1.807, 2.05) is 11.4 Å². The fourth-order valence-electron chi connectivity index (χ4n) is 7.94. The number of amides is 4. The van der Waals surface area contributed by atoms with Gasteiger partial charge in [0.25, 0.3) is 0 Å². The van der Waals surface area contributed by atoms with Gasteiger partial charge in [-0.15, -0.1) is 0 Å². The molecule has 4 amide bonds. The molecule has 42 heavy (non-hydrogen) atoms. The fourth-order valence-corrected chi connectivity index (χ4v) is 7.94. The van der Waals surface area contributed by atoms with Crippen LogP contribution in [-0.4, -0.2) is 70.8 Å². The minimum Gasteiger partial charge on any atom is -0.336 e. The molecule has 3 fully saturated rings. The molecule has 0 aromatic heterocycles. The summed E-state index contributed by atoms with van der Waals surface area (Å²) in [6, 6.07) is 5.78. The summed E-state index contributed by atoms with van der Waals surface area (Å²) in [4.78, 5) is 56.6. The Bertz CT molecular complexity index is 1450. The molecule has 2 bridgehead atoms. The van der Waals surface area contributed by atoms with Crippen LogP contribution in [0.1, 0.15) is 39.2 Å². The molecule has 0 radical (unpaired) electrons. The number of halogens is 3. The third-order valence-electron chi connectivity index (χ3n) is 9.89. The van der Waals surface area contributed by atoms with Gasteiger partial charge in [-0.1, -0.05) is 51.1 Å². The van der Waals surface area contributed by atoms with Crippen molar-refractivity contribution in [3.05, 3.63) is 42.0 Å². The van der Waals surface area contributed by atoms with E-state index in [0.29, 0.717) is 11.3 Å². The SMILES string of the molecule is CC(C)(C)C(NC(=O)C(F)(F)F)C(=O)N1CC2C3C=CC(C3)C2C1C(=O)N1CC2(CC1C#N)C(=O)Nc1ccccc12. The molecular formula is C30H32F3N5O4. The lowest BCUT2D eigenvalue weighted by atomic mass is 9.79. The second-order valence-corrected chi connectivity index (χ2v) is 13.3. The molecule has 2 N–H and O–H groups in total. The Hall–Kier alpha value is -3.88. The van der Waals surface area contributed by atoms with Crippen molar-refractivity contribution in [1.82, 2.24) is 15.1 Å². The smallest absolute Gasteiger partial charge is 0.336 e. The van der Waals surface area contributed by atoms with Gasteiger partial charge in [-0.3, -0.25) is 19.2 Å². The van der Waals surface area contributed by atoms with Crippen molar-refractivity contribution >= 4 is 29.3 Å². The van der Waals surface area contributed by atoms with E-state index in [0.717, 1.165) is 6.42 Å². The first-order valence-electron chi connectivity index (χ1n) is 14.1. The highest BCUT2D eigenvalue weighted by Crippen LogP contribution is 2.55. The lowest BCUT2D eigenvalue weighted by Crippen LogP contribution is -2.60. The number of para-hydroxylation sites is 1. The van der Waals surface area contributed by atoms with Crippen molar-refractivity contribution < 1.29 is 32.3 Å². The first kappa shape index (κ1) is 28.2. The highest BCUT2D eigenvalue weighted by Gasteiger charge is 2.62. The highest BCUT2D eigenvalue weighted by atomic mass is 19.4. The number of likely N-dealkylation sites (tertiary alicyclic amines) is 2. The fraction of sp³-hybridized carbons (Fsp3) is 0.567. The Morgan fingerprint density at radius 2 is 1.81 bits per heavy atom. The molecule has 8 atom stereocenters. The van der Waals surface area contributed by atoms with E-state index < -0.39 is 52.9 Å². The average molecular weight is 584 g/mol. The number of benzene rings is 1. The summed E-state index contributed by atoms with van der Waals surface area (Å²) in [5.74, 6) is -4.03. The van der Waals surface area contributed by atoms with Crippen LogP contribution in [0.15, 0.2) is 36.4 Å². The van der Waals surface area contributed by atoms with Crippen molar-refractivity contribution in [2.45, 2.75) is 63.3 Å². The number of nitrogens with zero attached hydrogens (tertiary/aromatic N) is 3. The van der Waals surface area contributed by atoms with Gasteiger partial charge in [0.1, 0.15) is 18.1 Å². The summed E-state index contributed by atoms with van der Waals surface area (Å²) in [5, 5.41) is 14.9. The number of hydrogen-bond donors (Lipinski definition) is 2. The minimum absolute atomic E-state index is 0.00259. The molecule has 8 unspecified atom stereocenters. The number of carbonyl (C=O) groups excluding carboxylic acids is 4. The molecule has 1 saturated carbocycles. The topological polar surface area (TPSA) is 123 Å². The van der Waals surface area contributed by atoms with Gasteiger partial charge in [0, 0.05) is 25.2 Å². The van der Waals surface area contributed by atoms with Gasteiger partial charge in [0.15, 0.2) is 0 Å². The van der Waals surface area contributed by atoms with Crippen LogP contribution in [0.4, 0.5) is 18.9 Å². The zero-order valence-corrected chi connectivity index (χ0v) is 23.4. The van der Waals surface area contributed by atoms with Crippen LogP contribution < -0.4 is 10.6 Å². The van der Waals surface area contributed by atoms with Gasteiger partial charge in [-0.2, -0.15) is 18.4 Å². The van der Waals surface area contributed by atoms with Crippen LogP contribution in [0.5, 0.6) is 0 Å². The normalized spacial score (nSPS) is 33.4. The number of carbonyl (C=O) groups is 4. The Balaban J connectivity index is 1.36. The van der Waals surface area contributed by atoms with Gasteiger partial charge in [0.2, 0.25) is 17.7 Å². The molecule has 9 nitrogen and oxygen atoms in total. The van der Waals surface area contributed by atoms with E-state index in [2.05, 4.69) is 17.5 Å². The maximum Gasteiger partial charge on any atom is 0.471 e. The first-order valence-corrected chi connectivity index (χ1v) is 14.1. The van der Waals surface area contributed by atoms with Gasteiger partial charge >= 0.3 is 12.1 Å². The second-order valence-electron chi connectivity index (χ2n) is 13.3. The third-order valence-corrected chi connectivity index (χ3v) is 9.89. The zero-order chi connectivity index (χ0) is 30.4. The van der Waals surface area contributed by atoms with Crippen molar-refractivity contribution in [3.63, 3.8) is 0 Å². The van der Waals surface area contributed by atoms with Crippen molar-refractivity contribution in [2.24, 2.45) is 29.1 Å². The summed E-state index contributed by atoms with van der Waals surface area (Å²) < 4.78 is 39.7. The standard InChI is InChI=1S/C30H32F3N5O4/c1-28(2,3)23(36-27(42)30(31,32)33)25(40)37-13-18-15-8-9-16(10-15)21(18)22(37)24(39)38-14-29(11-17(38)12-34)19-6-4-5-7-20(19)35-26(29)41/h4-9,15-18,21-23H,10-11,13-14H2,1-3H3,(H,35,41)(H,36,42). The van der Waals surface area contributed by atoms with E-state index >= 15 is 0 Å². The van der Waals surface area contributed by atoms with Gasteiger partial charge in [-0.25, -0.2) is 0 Å². The molecule has 3 heterocycles. The van der Waals surface area contributed by atoms with Crippen LogP contribution in [-0.2, 0) is 24.6 Å². The molecule has 2 aliphatic carbocycles. The van der Waals surface area contributed by atoms with E-state index in [1.54, 1.807) is 45.0 Å². The predicted octanol–water partition coefficient (Wildman–Crippen LogP) is 2.74. The van der Waals surface area contributed by atoms with Crippen molar-refractivity contribution in [1.29, 1.82) is 5.26 Å². The van der Waals surface area contributed by atoms with Crippen LogP contribution in [0, 0.1) is 40.4 Å².